The Labute approximate surface area is 94.8 Å². The number of aromatic hydroxyl groups is 1. The first kappa shape index (κ1) is 11.2. The van der Waals surface area contributed by atoms with Crippen LogP contribution in [-0.4, -0.2) is 25.4 Å². The van der Waals surface area contributed by atoms with Crippen LogP contribution in [-0.2, 0) is 15.3 Å². The minimum absolute atomic E-state index is 0.0914. The van der Waals surface area contributed by atoms with Gasteiger partial charge in [0.15, 0.2) is 17.3 Å². The van der Waals surface area contributed by atoms with Crippen LogP contribution in [0.2, 0.25) is 0 Å². The van der Waals surface area contributed by atoms with Gasteiger partial charge in [0.1, 0.15) is 0 Å². The highest BCUT2D eigenvalue weighted by molar-refractivity contribution is 5.47. The van der Waals surface area contributed by atoms with Crippen LogP contribution in [0.5, 0.6) is 11.5 Å². The van der Waals surface area contributed by atoms with Crippen LogP contribution in [0.15, 0.2) is 18.2 Å². The second-order valence-corrected chi connectivity index (χ2v) is 3.66. The summed E-state index contributed by atoms with van der Waals surface area (Å²) in [5.74, 6) is -0.295. The van der Waals surface area contributed by atoms with Crippen LogP contribution in [0, 0.1) is 0 Å². The third-order valence-corrected chi connectivity index (χ3v) is 2.85. The number of rotatable bonds is 3. The Balaban J connectivity index is 2.46. The zero-order valence-electron chi connectivity index (χ0n) is 9.53. The number of benzene rings is 1. The largest absolute Gasteiger partial charge is 0.504 e. The molecular weight excluding hydrogens is 208 g/mol. The van der Waals surface area contributed by atoms with Gasteiger partial charge >= 0.3 is 0 Å². The zero-order chi connectivity index (χ0) is 11.6. The predicted octanol–water partition coefficient (Wildman–Crippen LogP) is 2.01. The van der Waals surface area contributed by atoms with Crippen LogP contribution in [0.25, 0.3) is 0 Å². The molecule has 4 nitrogen and oxygen atoms in total. The van der Waals surface area contributed by atoms with Gasteiger partial charge in [0, 0.05) is 6.42 Å². The van der Waals surface area contributed by atoms with Crippen molar-refractivity contribution in [3.05, 3.63) is 23.8 Å². The van der Waals surface area contributed by atoms with Crippen molar-refractivity contribution in [3.8, 4) is 11.5 Å². The molecule has 0 aromatic heterocycles. The molecule has 1 saturated heterocycles. The van der Waals surface area contributed by atoms with Gasteiger partial charge < -0.3 is 19.3 Å². The highest BCUT2D eigenvalue weighted by Gasteiger charge is 2.39. The molecule has 0 bridgehead atoms. The van der Waals surface area contributed by atoms with Gasteiger partial charge in [-0.1, -0.05) is 13.0 Å². The Hall–Kier alpha value is -1.26. The van der Waals surface area contributed by atoms with E-state index in [0.717, 1.165) is 0 Å². The minimum Gasteiger partial charge on any atom is -0.504 e. The van der Waals surface area contributed by atoms with Gasteiger partial charge in [-0.2, -0.15) is 0 Å². The molecule has 88 valence electrons. The van der Waals surface area contributed by atoms with E-state index in [1.807, 2.05) is 13.0 Å². The average molecular weight is 224 g/mol. The van der Waals surface area contributed by atoms with Crippen molar-refractivity contribution in [2.24, 2.45) is 0 Å². The van der Waals surface area contributed by atoms with E-state index < -0.39 is 5.79 Å². The van der Waals surface area contributed by atoms with Crippen LogP contribution in [0.4, 0.5) is 0 Å². The maximum Gasteiger partial charge on any atom is 0.198 e. The summed E-state index contributed by atoms with van der Waals surface area (Å²) in [6.45, 7) is 3.05. The van der Waals surface area contributed by atoms with Crippen molar-refractivity contribution in [1.82, 2.24) is 0 Å². The van der Waals surface area contributed by atoms with E-state index in [2.05, 4.69) is 0 Å². The molecule has 0 radical (unpaired) electrons. The Kier molecular flexibility index (Phi) is 3.03. The first-order chi connectivity index (χ1) is 7.73. The Morgan fingerprint density at radius 1 is 1.38 bits per heavy atom. The number of methoxy groups -OCH3 is 1. The van der Waals surface area contributed by atoms with Gasteiger partial charge in [0.25, 0.3) is 0 Å². The first-order valence-electron chi connectivity index (χ1n) is 5.38. The fraction of sp³-hybridized carbons (Fsp3) is 0.500. The summed E-state index contributed by atoms with van der Waals surface area (Å²) in [7, 11) is 1.52. The fourth-order valence-corrected chi connectivity index (χ4v) is 2.00. The summed E-state index contributed by atoms with van der Waals surface area (Å²) in [6, 6.07) is 5.32. The smallest absolute Gasteiger partial charge is 0.198 e. The van der Waals surface area contributed by atoms with E-state index in [1.54, 1.807) is 12.1 Å². The molecule has 0 amide bonds. The molecule has 0 atom stereocenters. The Morgan fingerprint density at radius 3 is 2.62 bits per heavy atom. The highest BCUT2D eigenvalue weighted by atomic mass is 16.7. The third-order valence-electron chi connectivity index (χ3n) is 2.85. The molecule has 1 N–H and O–H groups in total. The molecule has 0 saturated carbocycles. The van der Waals surface area contributed by atoms with E-state index in [0.29, 0.717) is 30.9 Å². The van der Waals surface area contributed by atoms with Gasteiger partial charge in [-0.15, -0.1) is 0 Å². The molecule has 1 aliphatic rings. The van der Waals surface area contributed by atoms with E-state index in [1.165, 1.54) is 7.11 Å². The van der Waals surface area contributed by atoms with E-state index >= 15 is 0 Å². The van der Waals surface area contributed by atoms with Crippen molar-refractivity contribution in [2.75, 3.05) is 20.3 Å². The predicted molar refractivity (Wildman–Crippen MR) is 58.5 cm³/mol. The first-order valence-corrected chi connectivity index (χ1v) is 5.38. The number of hydrogen-bond donors (Lipinski definition) is 1. The summed E-state index contributed by atoms with van der Waals surface area (Å²) in [4.78, 5) is 0. The molecule has 2 rings (SSSR count). The van der Waals surface area contributed by atoms with Gasteiger partial charge in [-0.05, 0) is 12.1 Å². The lowest BCUT2D eigenvalue weighted by Gasteiger charge is -2.27. The molecule has 1 aromatic rings. The van der Waals surface area contributed by atoms with Crippen molar-refractivity contribution >= 4 is 0 Å². The summed E-state index contributed by atoms with van der Waals surface area (Å²) < 4.78 is 16.3. The second kappa shape index (κ2) is 4.31. The highest BCUT2D eigenvalue weighted by Crippen LogP contribution is 2.42. The van der Waals surface area contributed by atoms with Gasteiger partial charge in [-0.3, -0.25) is 0 Å². The molecule has 1 aromatic carbocycles. The fourth-order valence-electron chi connectivity index (χ4n) is 2.00. The average Bonchev–Trinajstić information content (AvgIpc) is 2.79. The van der Waals surface area contributed by atoms with Gasteiger partial charge in [0.05, 0.1) is 25.9 Å². The summed E-state index contributed by atoms with van der Waals surface area (Å²) in [6.07, 6.45) is 0.647. The molecule has 4 heteroatoms. The number of phenolic OH excluding ortho intramolecular Hbond substituents is 1. The van der Waals surface area contributed by atoms with Crippen molar-refractivity contribution in [1.29, 1.82) is 0 Å². The summed E-state index contributed by atoms with van der Waals surface area (Å²) in [5, 5.41) is 10.1. The van der Waals surface area contributed by atoms with Crippen LogP contribution in [0.3, 0.4) is 0 Å². The van der Waals surface area contributed by atoms with Crippen LogP contribution >= 0.6 is 0 Å². The maximum atomic E-state index is 10.1. The van der Waals surface area contributed by atoms with Gasteiger partial charge in [0.2, 0.25) is 0 Å². The Morgan fingerprint density at radius 2 is 2.06 bits per heavy atom. The van der Waals surface area contributed by atoms with E-state index in [4.69, 9.17) is 14.2 Å². The third kappa shape index (κ3) is 1.64. The molecular formula is C12H16O4. The number of hydrogen-bond acceptors (Lipinski definition) is 4. The van der Waals surface area contributed by atoms with Crippen molar-refractivity contribution < 1.29 is 19.3 Å². The standard InChI is InChI=1S/C12H16O4/c1-3-12(15-7-8-16-12)9-5-4-6-10(14-2)11(9)13/h4-6,13H,3,7-8H2,1-2H3. The summed E-state index contributed by atoms with van der Waals surface area (Å²) >= 11 is 0. The molecule has 1 heterocycles. The van der Waals surface area contributed by atoms with E-state index in [-0.39, 0.29) is 5.75 Å². The molecule has 0 spiro atoms. The topological polar surface area (TPSA) is 47.9 Å². The molecule has 0 aliphatic carbocycles. The normalized spacial score (nSPS) is 18.6. The maximum absolute atomic E-state index is 10.1. The summed E-state index contributed by atoms with van der Waals surface area (Å²) in [5.41, 5.74) is 0.631. The van der Waals surface area contributed by atoms with Crippen molar-refractivity contribution in [3.63, 3.8) is 0 Å². The quantitative estimate of drug-likeness (QED) is 0.853. The van der Waals surface area contributed by atoms with Crippen molar-refractivity contribution in [2.45, 2.75) is 19.1 Å². The SMILES string of the molecule is CCC1(c2cccc(OC)c2O)OCCO1. The molecule has 0 unspecified atom stereocenters. The number of para-hydroxylation sites is 1. The number of ether oxygens (including phenoxy) is 3. The monoisotopic (exact) mass is 224 g/mol. The minimum atomic E-state index is -0.821. The molecule has 1 fully saturated rings. The zero-order valence-corrected chi connectivity index (χ0v) is 9.53. The lowest BCUT2D eigenvalue weighted by Crippen LogP contribution is -2.26. The Bertz CT molecular complexity index is 369. The molecule has 1 aliphatic heterocycles. The van der Waals surface area contributed by atoms with Crippen LogP contribution in [0.1, 0.15) is 18.9 Å². The van der Waals surface area contributed by atoms with Crippen LogP contribution < -0.4 is 4.74 Å². The van der Waals surface area contributed by atoms with E-state index in [9.17, 15) is 5.11 Å². The molecule has 16 heavy (non-hydrogen) atoms. The lowest BCUT2D eigenvalue weighted by atomic mass is 10.0. The lowest BCUT2D eigenvalue weighted by molar-refractivity contribution is -0.168. The second-order valence-electron chi connectivity index (χ2n) is 3.66. The van der Waals surface area contributed by atoms with Gasteiger partial charge in [-0.25, -0.2) is 0 Å². The number of phenols is 1.